The van der Waals surface area contributed by atoms with Crippen LogP contribution in [0.4, 0.5) is 0 Å². The van der Waals surface area contributed by atoms with Gasteiger partial charge >= 0.3 is 0 Å². The summed E-state index contributed by atoms with van der Waals surface area (Å²) in [6.45, 7) is 0.676. The molecule has 5 heteroatoms. The number of halogens is 1. The number of phenols is 1. The van der Waals surface area contributed by atoms with Crippen molar-refractivity contribution in [2.75, 3.05) is 12.3 Å². The molecule has 1 unspecified atom stereocenters. The minimum Gasteiger partial charge on any atom is -0.507 e. The Balaban J connectivity index is 1.96. The molecule has 2 N–H and O–H groups in total. The summed E-state index contributed by atoms with van der Waals surface area (Å²) in [6.07, 6.45) is 2.39. The number of hydrogen-bond acceptors (Lipinski definition) is 3. The van der Waals surface area contributed by atoms with Crippen LogP contribution < -0.4 is 5.32 Å². The Morgan fingerprint density at radius 1 is 1.59 bits per heavy atom. The molecule has 1 amide bonds. The average molecular weight is 316 g/mol. The minimum atomic E-state index is -0.212. The van der Waals surface area contributed by atoms with Gasteiger partial charge in [0.2, 0.25) is 0 Å². The molecule has 1 heterocycles. The topological polar surface area (TPSA) is 49.3 Å². The van der Waals surface area contributed by atoms with Crippen LogP contribution in [-0.4, -0.2) is 28.6 Å². The molecule has 0 aromatic heterocycles. The van der Waals surface area contributed by atoms with E-state index < -0.39 is 0 Å². The monoisotopic (exact) mass is 315 g/mol. The van der Waals surface area contributed by atoms with E-state index in [4.69, 9.17) is 0 Å². The molecule has 1 fully saturated rings. The molecule has 2 rings (SSSR count). The Hall–Kier alpha value is -0.680. The predicted molar refractivity (Wildman–Crippen MR) is 73.6 cm³/mol. The van der Waals surface area contributed by atoms with Crippen molar-refractivity contribution < 1.29 is 9.90 Å². The van der Waals surface area contributed by atoms with Crippen molar-refractivity contribution in [1.29, 1.82) is 0 Å². The van der Waals surface area contributed by atoms with Crippen LogP contribution in [0.15, 0.2) is 22.7 Å². The quantitative estimate of drug-likeness (QED) is 0.901. The maximum atomic E-state index is 11.9. The third-order valence-corrected chi connectivity index (χ3v) is 4.61. The van der Waals surface area contributed by atoms with Crippen LogP contribution in [0.25, 0.3) is 0 Å². The first kappa shape index (κ1) is 12.8. The Kier molecular flexibility index (Phi) is 4.34. The van der Waals surface area contributed by atoms with Crippen LogP contribution >= 0.6 is 27.7 Å². The van der Waals surface area contributed by atoms with Gasteiger partial charge in [-0.25, -0.2) is 0 Å². The van der Waals surface area contributed by atoms with Gasteiger partial charge in [0.05, 0.1) is 5.56 Å². The van der Waals surface area contributed by atoms with E-state index in [0.29, 0.717) is 17.4 Å². The van der Waals surface area contributed by atoms with Gasteiger partial charge in [0.1, 0.15) is 5.75 Å². The lowest BCUT2D eigenvalue weighted by Gasteiger charge is -2.11. The lowest BCUT2D eigenvalue weighted by Crippen LogP contribution is -2.29. The third kappa shape index (κ3) is 3.39. The lowest BCUT2D eigenvalue weighted by atomic mass is 10.2. The fraction of sp³-hybridized carbons (Fsp3) is 0.417. The van der Waals surface area contributed by atoms with Crippen LogP contribution in [0.1, 0.15) is 23.2 Å². The summed E-state index contributed by atoms with van der Waals surface area (Å²) >= 11 is 5.19. The summed E-state index contributed by atoms with van der Waals surface area (Å²) in [7, 11) is 0. The smallest absolute Gasteiger partial charge is 0.255 e. The number of aromatic hydroxyl groups is 1. The molecule has 0 radical (unpaired) electrons. The van der Waals surface area contributed by atoms with Crippen molar-refractivity contribution in [3.05, 3.63) is 28.2 Å². The molecular weight excluding hydrogens is 302 g/mol. The highest BCUT2D eigenvalue weighted by molar-refractivity contribution is 9.10. The van der Waals surface area contributed by atoms with Crippen LogP contribution in [-0.2, 0) is 0 Å². The second-order valence-corrected chi connectivity index (χ2v) is 6.33. The van der Waals surface area contributed by atoms with Gasteiger partial charge in [-0.3, -0.25) is 4.79 Å². The summed E-state index contributed by atoms with van der Waals surface area (Å²) < 4.78 is 0.788. The third-order valence-electron chi connectivity index (χ3n) is 2.72. The predicted octanol–water partition coefficient (Wildman–Crippen LogP) is 2.78. The molecular formula is C12H14BrNO2S. The van der Waals surface area contributed by atoms with E-state index in [2.05, 4.69) is 21.2 Å². The van der Waals surface area contributed by atoms with Crippen LogP contribution in [0.3, 0.4) is 0 Å². The SMILES string of the molecule is O=C(NCC1CCCS1)c1cc(Br)ccc1O. The summed E-state index contributed by atoms with van der Waals surface area (Å²) in [4.78, 5) is 11.9. The highest BCUT2D eigenvalue weighted by atomic mass is 79.9. The molecule has 1 aromatic rings. The van der Waals surface area contributed by atoms with E-state index in [1.807, 2.05) is 11.8 Å². The Bertz CT molecular complexity index is 419. The molecule has 0 aliphatic carbocycles. The van der Waals surface area contributed by atoms with Gasteiger partial charge in [-0.2, -0.15) is 11.8 Å². The van der Waals surface area contributed by atoms with Gasteiger partial charge in [-0.05, 0) is 36.8 Å². The lowest BCUT2D eigenvalue weighted by molar-refractivity contribution is 0.0951. The van der Waals surface area contributed by atoms with Crippen LogP contribution in [0.5, 0.6) is 5.75 Å². The summed E-state index contributed by atoms with van der Waals surface area (Å²) in [6, 6.07) is 4.86. The van der Waals surface area contributed by atoms with Gasteiger partial charge in [-0.1, -0.05) is 15.9 Å². The van der Waals surface area contributed by atoms with E-state index in [1.165, 1.54) is 18.2 Å². The largest absolute Gasteiger partial charge is 0.507 e. The molecule has 1 saturated heterocycles. The molecule has 3 nitrogen and oxygen atoms in total. The molecule has 0 saturated carbocycles. The van der Waals surface area contributed by atoms with E-state index in [9.17, 15) is 9.90 Å². The Morgan fingerprint density at radius 2 is 2.41 bits per heavy atom. The van der Waals surface area contributed by atoms with Gasteiger partial charge in [0.25, 0.3) is 5.91 Å². The molecule has 92 valence electrons. The fourth-order valence-corrected chi connectivity index (χ4v) is 3.36. The zero-order valence-electron chi connectivity index (χ0n) is 9.28. The molecule has 1 atom stereocenters. The van der Waals surface area contributed by atoms with Gasteiger partial charge in [0, 0.05) is 16.3 Å². The summed E-state index contributed by atoms with van der Waals surface area (Å²) in [5, 5.41) is 13.0. The Morgan fingerprint density at radius 3 is 3.12 bits per heavy atom. The molecule has 1 aromatic carbocycles. The van der Waals surface area contributed by atoms with E-state index in [1.54, 1.807) is 12.1 Å². The number of carbonyl (C=O) groups excluding carboxylic acids is 1. The van der Waals surface area contributed by atoms with Gasteiger partial charge in [-0.15, -0.1) is 0 Å². The highest BCUT2D eigenvalue weighted by Gasteiger charge is 2.17. The first-order valence-electron chi connectivity index (χ1n) is 5.55. The van der Waals surface area contributed by atoms with E-state index in [-0.39, 0.29) is 11.7 Å². The van der Waals surface area contributed by atoms with Crippen molar-refractivity contribution in [2.45, 2.75) is 18.1 Å². The zero-order valence-corrected chi connectivity index (χ0v) is 11.7. The molecule has 0 spiro atoms. The number of benzene rings is 1. The maximum Gasteiger partial charge on any atom is 0.255 e. The number of phenolic OH excluding ortho intramolecular Hbond substituents is 1. The summed E-state index contributed by atoms with van der Waals surface area (Å²) in [5.41, 5.74) is 0.322. The van der Waals surface area contributed by atoms with Crippen molar-refractivity contribution in [1.82, 2.24) is 5.32 Å². The first-order valence-corrected chi connectivity index (χ1v) is 7.39. The standard InChI is InChI=1S/C12H14BrNO2S/c13-8-3-4-11(15)10(6-8)12(16)14-7-9-2-1-5-17-9/h3-4,6,9,15H,1-2,5,7H2,(H,14,16). The number of carbonyl (C=O) groups is 1. The van der Waals surface area contributed by atoms with Crippen molar-refractivity contribution in [2.24, 2.45) is 0 Å². The molecule has 17 heavy (non-hydrogen) atoms. The van der Waals surface area contributed by atoms with Gasteiger partial charge in [0.15, 0.2) is 0 Å². The number of rotatable bonds is 3. The van der Waals surface area contributed by atoms with Gasteiger partial charge < -0.3 is 10.4 Å². The highest BCUT2D eigenvalue weighted by Crippen LogP contribution is 2.26. The summed E-state index contributed by atoms with van der Waals surface area (Å²) in [5.74, 6) is 0.990. The second kappa shape index (κ2) is 5.78. The Labute approximate surface area is 113 Å². The molecule has 0 bridgehead atoms. The normalized spacial score (nSPS) is 19.2. The average Bonchev–Trinajstić information content (AvgIpc) is 2.82. The van der Waals surface area contributed by atoms with E-state index >= 15 is 0 Å². The van der Waals surface area contributed by atoms with E-state index in [0.717, 1.165) is 10.9 Å². The second-order valence-electron chi connectivity index (χ2n) is 4.01. The first-order chi connectivity index (χ1) is 8.16. The molecule has 1 aliphatic heterocycles. The number of thioether (sulfide) groups is 1. The molecule has 1 aliphatic rings. The number of amides is 1. The maximum absolute atomic E-state index is 11.9. The van der Waals surface area contributed by atoms with Crippen LogP contribution in [0, 0.1) is 0 Å². The fourth-order valence-electron chi connectivity index (χ4n) is 1.80. The number of nitrogens with one attached hydrogen (secondary N) is 1. The minimum absolute atomic E-state index is 0.0183. The number of hydrogen-bond donors (Lipinski definition) is 2. The van der Waals surface area contributed by atoms with Crippen molar-refractivity contribution in [3.8, 4) is 5.75 Å². The van der Waals surface area contributed by atoms with Crippen molar-refractivity contribution in [3.63, 3.8) is 0 Å². The zero-order chi connectivity index (χ0) is 12.3. The van der Waals surface area contributed by atoms with Crippen LogP contribution in [0.2, 0.25) is 0 Å². The van der Waals surface area contributed by atoms with Crippen molar-refractivity contribution >= 4 is 33.6 Å².